The van der Waals surface area contributed by atoms with E-state index in [9.17, 15) is 0 Å². The van der Waals surface area contributed by atoms with Gasteiger partial charge < -0.3 is 9.47 Å². The van der Waals surface area contributed by atoms with Gasteiger partial charge in [0, 0.05) is 21.4 Å². The molecular weight excluding hydrogens is 399 g/mol. The number of hydrogen-bond donors (Lipinski definition) is 0. The molecule has 0 saturated carbocycles. The second-order valence-electron chi connectivity index (χ2n) is 7.35. The third kappa shape index (κ3) is 3.44. The van der Waals surface area contributed by atoms with Crippen LogP contribution in [-0.4, -0.2) is 14.2 Å². The molecule has 0 N–H and O–H groups in total. The first-order chi connectivity index (χ1) is 15.3. The van der Waals surface area contributed by atoms with Gasteiger partial charge in [0.1, 0.15) is 11.5 Å². The summed E-state index contributed by atoms with van der Waals surface area (Å²) in [6.45, 7) is 0. The zero-order valence-electron chi connectivity index (χ0n) is 17.6. The SMILES string of the molecule is COc1c(P(c2ccccc2)c2ccc3ccccc3c2OC)ccc2ccccc12. The quantitative estimate of drug-likeness (QED) is 0.335. The highest BCUT2D eigenvalue weighted by Gasteiger charge is 2.25. The molecule has 0 aliphatic heterocycles. The van der Waals surface area contributed by atoms with E-state index in [1.54, 1.807) is 14.2 Å². The Hall–Kier alpha value is -3.35. The van der Waals surface area contributed by atoms with Crippen LogP contribution in [0.5, 0.6) is 11.5 Å². The number of ether oxygens (including phenoxy) is 2. The van der Waals surface area contributed by atoms with E-state index in [1.165, 1.54) is 26.7 Å². The number of rotatable bonds is 5. The van der Waals surface area contributed by atoms with Gasteiger partial charge in [-0.25, -0.2) is 0 Å². The van der Waals surface area contributed by atoms with Gasteiger partial charge in [-0.05, 0) is 36.1 Å². The number of hydrogen-bond acceptors (Lipinski definition) is 2. The fourth-order valence-electron chi connectivity index (χ4n) is 4.23. The third-order valence-electron chi connectivity index (χ3n) is 5.62. The van der Waals surface area contributed by atoms with Crippen LogP contribution in [0.2, 0.25) is 0 Å². The first-order valence-electron chi connectivity index (χ1n) is 10.3. The molecule has 0 heterocycles. The molecule has 0 aromatic heterocycles. The summed E-state index contributed by atoms with van der Waals surface area (Å²) in [5, 5.41) is 8.26. The molecule has 31 heavy (non-hydrogen) atoms. The molecule has 0 saturated heterocycles. The number of fused-ring (bicyclic) bond motifs is 2. The van der Waals surface area contributed by atoms with Gasteiger partial charge >= 0.3 is 0 Å². The van der Waals surface area contributed by atoms with Gasteiger partial charge in [0.2, 0.25) is 0 Å². The average Bonchev–Trinajstić information content (AvgIpc) is 2.84. The molecule has 5 aromatic carbocycles. The average molecular weight is 422 g/mol. The van der Waals surface area contributed by atoms with E-state index in [0.717, 1.165) is 22.3 Å². The summed E-state index contributed by atoms with van der Waals surface area (Å²) in [7, 11) is 2.63. The normalized spacial score (nSPS) is 11.2. The van der Waals surface area contributed by atoms with Crippen molar-refractivity contribution in [2.45, 2.75) is 0 Å². The minimum atomic E-state index is -0.896. The molecule has 0 atom stereocenters. The maximum Gasteiger partial charge on any atom is 0.135 e. The molecule has 0 aliphatic carbocycles. The minimum Gasteiger partial charge on any atom is -0.495 e. The van der Waals surface area contributed by atoms with Crippen LogP contribution in [-0.2, 0) is 0 Å². The summed E-state index contributed by atoms with van der Waals surface area (Å²) < 4.78 is 12.0. The predicted octanol–water partition coefficient (Wildman–Crippen LogP) is 5.77. The molecule has 0 bridgehead atoms. The van der Waals surface area contributed by atoms with Crippen LogP contribution in [0.4, 0.5) is 0 Å². The molecule has 0 aliphatic rings. The number of benzene rings is 5. The topological polar surface area (TPSA) is 18.5 Å². The fraction of sp³-hybridized carbons (Fsp3) is 0.0714. The lowest BCUT2D eigenvalue weighted by atomic mass is 10.1. The second-order valence-corrected chi connectivity index (χ2v) is 9.50. The van der Waals surface area contributed by atoms with E-state index in [1.807, 2.05) is 0 Å². The Balaban J connectivity index is 1.84. The van der Waals surface area contributed by atoms with Crippen LogP contribution >= 0.6 is 7.92 Å². The number of methoxy groups -OCH3 is 2. The highest BCUT2D eigenvalue weighted by Crippen LogP contribution is 2.43. The van der Waals surface area contributed by atoms with Crippen molar-refractivity contribution in [1.82, 2.24) is 0 Å². The Morgan fingerprint density at radius 2 is 0.935 bits per heavy atom. The van der Waals surface area contributed by atoms with Gasteiger partial charge in [-0.2, -0.15) is 0 Å². The van der Waals surface area contributed by atoms with Crippen LogP contribution in [0, 0.1) is 0 Å². The van der Waals surface area contributed by atoms with Gasteiger partial charge in [0.05, 0.1) is 14.2 Å². The molecule has 5 rings (SSSR count). The molecule has 0 radical (unpaired) electrons. The fourth-order valence-corrected chi connectivity index (χ4v) is 6.79. The van der Waals surface area contributed by atoms with E-state index in [2.05, 4.69) is 103 Å². The third-order valence-corrected chi connectivity index (χ3v) is 8.10. The second kappa shape index (κ2) is 8.41. The summed E-state index contributed by atoms with van der Waals surface area (Å²) in [5.41, 5.74) is 0. The van der Waals surface area contributed by atoms with Crippen LogP contribution in [0.1, 0.15) is 0 Å². The van der Waals surface area contributed by atoms with E-state index in [-0.39, 0.29) is 0 Å². The van der Waals surface area contributed by atoms with E-state index >= 15 is 0 Å². The van der Waals surface area contributed by atoms with Crippen LogP contribution < -0.4 is 25.4 Å². The molecule has 0 spiro atoms. The predicted molar refractivity (Wildman–Crippen MR) is 133 cm³/mol. The van der Waals surface area contributed by atoms with Crippen LogP contribution in [0.3, 0.4) is 0 Å². The Labute approximate surface area is 183 Å². The largest absolute Gasteiger partial charge is 0.495 e. The Morgan fingerprint density at radius 3 is 1.42 bits per heavy atom. The van der Waals surface area contributed by atoms with Gasteiger partial charge in [-0.1, -0.05) is 91.0 Å². The smallest absolute Gasteiger partial charge is 0.135 e. The lowest BCUT2D eigenvalue weighted by Gasteiger charge is -2.25. The van der Waals surface area contributed by atoms with Crippen molar-refractivity contribution < 1.29 is 9.47 Å². The van der Waals surface area contributed by atoms with Crippen molar-refractivity contribution in [3.8, 4) is 11.5 Å². The van der Waals surface area contributed by atoms with Crippen molar-refractivity contribution in [2.24, 2.45) is 0 Å². The molecular formula is C28H23O2P. The van der Waals surface area contributed by atoms with E-state index in [4.69, 9.17) is 9.47 Å². The van der Waals surface area contributed by atoms with Crippen molar-refractivity contribution in [3.63, 3.8) is 0 Å². The first kappa shape index (κ1) is 19.6. The highest BCUT2D eigenvalue weighted by atomic mass is 31.1. The van der Waals surface area contributed by atoms with Crippen molar-refractivity contribution in [2.75, 3.05) is 14.2 Å². The van der Waals surface area contributed by atoms with Crippen LogP contribution in [0.25, 0.3) is 21.5 Å². The first-order valence-corrected chi connectivity index (χ1v) is 11.6. The van der Waals surface area contributed by atoms with Crippen LogP contribution in [0.15, 0.2) is 103 Å². The highest BCUT2D eigenvalue weighted by molar-refractivity contribution is 7.80. The van der Waals surface area contributed by atoms with Crippen molar-refractivity contribution in [1.29, 1.82) is 0 Å². The van der Waals surface area contributed by atoms with Gasteiger partial charge in [0.25, 0.3) is 0 Å². The van der Waals surface area contributed by atoms with E-state index in [0.29, 0.717) is 0 Å². The molecule has 5 aromatic rings. The summed E-state index contributed by atoms with van der Waals surface area (Å²) in [4.78, 5) is 0. The molecule has 152 valence electrons. The molecule has 3 heteroatoms. The van der Waals surface area contributed by atoms with Gasteiger partial charge in [-0.15, -0.1) is 0 Å². The minimum absolute atomic E-state index is 0.896. The zero-order chi connectivity index (χ0) is 21.2. The molecule has 0 amide bonds. The van der Waals surface area contributed by atoms with Crippen molar-refractivity contribution in [3.05, 3.63) is 103 Å². The standard InChI is InChI=1S/C28H23O2P/c1-29-27-23-14-8-6-10-20(23)16-18-25(27)31(22-12-4-3-5-13-22)26-19-17-21-11-7-9-15-24(21)28(26)30-2/h3-19H,1-2H3. The Bertz CT molecular complexity index is 1270. The summed E-state index contributed by atoms with van der Waals surface area (Å²) >= 11 is 0. The Morgan fingerprint density at radius 1 is 0.484 bits per heavy atom. The Kier molecular flexibility index (Phi) is 5.32. The monoisotopic (exact) mass is 422 g/mol. The molecule has 2 nitrogen and oxygen atoms in total. The lowest BCUT2D eigenvalue weighted by Crippen LogP contribution is -2.23. The lowest BCUT2D eigenvalue weighted by molar-refractivity contribution is 0.422. The van der Waals surface area contributed by atoms with Gasteiger partial charge in [-0.3, -0.25) is 0 Å². The summed E-state index contributed by atoms with van der Waals surface area (Å²) in [5.74, 6) is 1.87. The molecule has 0 unspecified atom stereocenters. The molecule has 0 fully saturated rings. The maximum atomic E-state index is 6.02. The van der Waals surface area contributed by atoms with Gasteiger partial charge in [0.15, 0.2) is 0 Å². The maximum absolute atomic E-state index is 6.02. The van der Waals surface area contributed by atoms with E-state index < -0.39 is 7.92 Å². The van der Waals surface area contributed by atoms with Crippen molar-refractivity contribution >= 4 is 45.4 Å². The summed E-state index contributed by atoms with van der Waals surface area (Å²) in [6.07, 6.45) is 0. The summed E-state index contributed by atoms with van der Waals surface area (Å²) in [6, 6.07) is 36.3. The zero-order valence-corrected chi connectivity index (χ0v) is 18.5.